The number of rotatable bonds is 3. The Morgan fingerprint density at radius 3 is 2.67 bits per heavy atom. The average molecular weight is 252 g/mol. The number of carboxylic acids is 1. The van der Waals surface area contributed by atoms with Crippen LogP contribution in [0.15, 0.2) is 12.1 Å². The molecule has 0 saturated carbocycles. The van der Waals surface area contributed by atoms with Gasteiger partial charge in [-0.1, -0.05) is 0 Å². The first-order chi connectivity index (χ1) is 8.63. The number of nitrogens with zero attached hydrogens (tertiary/aromatic N) is 1. The van der Waals surface area contributed by atoms with E-state index in [1.54, 1.807) is 0 Å². The molecule has 0 spiro atoms. The molecule has 1 aromatic carbocycles. The third-order valence-corrected chi connectivity index (χ3v) is 2.90. The highest BCUT2D eigenvalue weighted by Gasteiger charge is 2.20. The van der Waals surface area contributed by atoms with Crippen LogP contribution in [0.3, 0.4) is 0 Å². The minimum absolute atomic E-state index is 0.126. The van der Waals surface area contributed by atoms with Crippen LogP contribution >= 0.6 is 0 Å². The number of carbonyl (C=O) groups is 1. The predicted octanol–water partition coefficient (Wildman–Crippen LogP) is 0.812. The first-order valence-electron chi connectivity index (χ1n) is 5.67. The lowest BCUT2D eigenvalue weighted by Gasteiger charge is -2.31. The van der Waals surface area contributed by atoms with Crippen molar-refractivity contribution >= 4 is 17.3 Å². The van der Waals surface area contributed by atoms with Gasteiger partial charge in [-0.3, -0.25) is 0 Å². The van der Waals surface area contributed by atoms with E-state index in [-0.39, 0.29) is 5.56 Å². The van der Waals surface area contributed by atoms with Crippen LogP contribution in [0.5, 0.6) is 5.75 Å². The molecule has 3 N–H and O–H groups in total. The van der Waals surface area contributed by atoms with Crippen LogP contribution in [0.1, 0.15) is 10.4 Å². The Labute approximate surface area is 105 Å². The van der Waals surface area contributed by atoms with Gasteiger partial charge in [-0.15, -0.1) is 0 Å². The largest absolute Gasteiger partial charge is 0.494 e. The molecular formula is C12H16N2O4. The van der Waals surface area contributed by atoms with Gasteiger partial charge in [0.05, 0.1) is 31.6 Å². The summed E-state index contributed by atoms with van der Waals surface area (Å²) in [5.74, 6) is -0.539. The van der Waals surface area contributed by atoms with Gasteiger partial charge in [0.1, 0.15) is 11.4 Å². The maximum absolute atomic E-state index is 11.0. The van der Waals surface area contributed by atoms with Crippen molar-refractivity contribution in [3.63, 3.8) is 0 Å². The number of nitrogen functional groups attached to an aromatic ring is 1. The molecule has 0 atom stereocenters. The molecule has 6 nitrogen and oxygen atoms in total. The number of hydrogen-bond acceptors (Lipinski definition) is 5. The topological polar surface area (TPSA) is 85.0 Å². The summed E-state index contributed by atoms with van der Waals surface area (Å²) in [4.78, 5) is 13.0. The summed E-state index contributed by atoms with van der Waals surface area (Å²) in [7, 11) is 1.50. The van der Waals surface area contributed by atoms with Crippen molar-refractivity contribution in [2.24, 2.45) is 0 Å². The normalized spacial score (nSPS) is 15.5. The van der Waals surface area contributed by atoms with Crippen LogP contribution in [-0.4, -0.2) is 44.5 Å². The van der Waals surface area contributed by atoms with E-state index in [1.165, 1.54) is 19.2 Å². The smallest absolute Gasteiger partial charge is 0.335 e. The molecule has 2 rings (SSSR count). The second-order valence-corrected chi connectivity index (χ2v) is 4.02. The van der Waals surface area contributed by atoms with E-state index in [9.17, 15) is 4.79 Å². The second-order valence-electron chi connectivity index (χ2n) is 4.02. The van der Waals surface area contributed by atoms with Crippen LogP contribution in [-0.2, 0) is 4.74 Å². The summed E-state index contributed by atoms with van der Waals surface area (Å²) in [6, 6.07) is 2.94. The highest BCUT2D eigenvalue weighted by molar-refractivity contribution is 5.92. The maximum Gasteiger partial charge on any atom is 0.335 e. The Kier molecular flexibility index (Phi) is 3.57. The lowest BCUT2D eigenvalue weighted by atomic mass is 10.1. The molecule has 0 aromatic heterocycles. The van der Waals surface area contributed by atoms with Gasteiger partial charge < -0.3 is 25.2 Å². The number of anilines is 2. The van der Waals surface area contributed by atoms with Gasteiger partial charge in [0.15, 0.2) is 0 Å². The fourth-order valence-electron chi connectivity index (χ4n) is 2.03. The van der Waals surface area contributed by atoms with Gasteiger partial charge in [0.2, 0.25) is 0 Å². The highest BCUT2D eigenvalue weighted by Crippen LogP contribution is 2.36. The van der Waals surface area contributed by atoms with Crippen molar-refractivity contribution in [2.45, 2.75) is 0 Å². The summed E-state index contributed by atoms with van der Waals surface area (Å²) >= 11 is 0. The number of nitrogens with two attached hydrogens (primary N) is 1. The number of morpholine rings is 1. The summed E-state index contributed by atoms with van der Waals surface area (Å²) in [5.41, 5.74) is 7.22. The van der Waals surface area contributed by atoms with Gasteiger partial charge in [-0.25, -0.2) is 4.79 Å². The number of hydrogen-bond donors (Lipinski definition) is 2. The van der Waals surface area contributed by atoms with E-state index in [1.807, 2.05) is 4.90 Å². The van der Waals surface area contributed by atoms with Crippen LogP contribution in [0, 0.1) is 0 Å². The molecule has 0 unspecified atom stereocenters. The minimum atomic E-state index is -1.02. The summed E-state index contributed by atoms with van der Waals surface area (Å²) in [6.45, 7) is 2.69. The lowest BCUT2D eigenvalue weighted by molar-refractivity contribution is 0.0696. The van der Waals surface area contributed by atoms with Crippen molar-refractivity contribution in [1.82, 2.24) is 0 Å². The summed E-state index contributed by atoms with van der Waals surface area (Å²) < 4.78 is 10.5. The first-order valence-corrected chi connectivity index (χ1v) is 5.67. The molecular weight excluding hydrogens is 236 g/mol. The number of carboxylic acid groups (broad SMARTS) is 1. The van der Waals surface area contributed by atoms with Crippen molar-refractivity contribution in [1.29, 1.82) is 0 Å². The van der Waals surface area contributed by atoms with E-state index in [4.69, 9.17) is 20.3 Å². The van der Waals surface area contributed by atoms with Gasteiger partial charge in [-0.2, -0.15) is 0 Å². The standard InChI is InChI=1S/C12H16N2O4/c1-17-10-7-8(12(15)16)6-9(13)11(10)14-2-4-18-5-3-14/h6-7H,2-5,13H2,1H3,(H,15,16). The van der Waals surface area contributed by atoms with Gasteiger partial charge in [0, 0.05) is 13.1 Å². The SMILES string of the molecule is COc1cc(C(=O)O)cc(N)c1N1CCOCC1. The molecule has 6 heteroatoms. The van der Waals surface area contributed by atoms with Crippen LogP contribution < -0.4 is 15.4 Å². The van der Waals surface area contributed by atoms with Crippen molar-refractivity contribution < 1.29 is 19.4 Å². The molecule has 1 heterocycles. The molecule has 0 radical (unpaired) electrons. The fraction of sp³-hybridized carbons (Fsp3) is 0.417. The van der Waals surface area contributed by atoms with Crippen LogP contribution in [0.4, 0.5) is 11.4 Å². The average Bonchev–Trinajstić information content (AvgIpc) is 2.38. The monoisotopic (exact) mass is 252 g/mol. The van der Waals surface area contributed by atoms with E-state index in [2.05, 4.69) is 0 Å². The Bertz CT molecular complexity index is 456. The van der Waals surface area contributed by atoms with E-state index >= 15 is 0 Å². The Hall–Kier alpha value is -1.95. The van der Waals surface area contributed by atoms with Gasteiger partial charge in [-0.05, 0) is 12.1 Å². The zero-order valence-electron chi connectivity index (χ0n) is 10.2. The Morgan fingerprint density at radius 2 is 2.11 bits per heavy atom. The van der Waals surface area contributed by atoms with E-state index in [0.717, 1.165) is 5.69 Å². The third kappa shape index (κ3) is 2.33. The van der Waals surface area contributed by atoms with Crippen LogP contribution in [0.2, 0.25) is 0 Å². The molecule has 18 heavy (non-hydrogen) atoms. The van der Waals surface area contributed by atoms with Gasteiger partial charge in [0.25, 0.3) is 0 Å². The van der Waals surface area contributed by atoms with Crippen LogP contribution in [0.25, 0.3) is 0 Å². The van der Waals surface area contributed by atoms with Gasteiger partial charge >= 0.3 is 5.97 Å². The predicted molar refractivity (Wildman–Crippen MR) is 67.4 cm³/mol. The first kappa shape index (κ1) is 12.5. The molecule has 1 fully saturated rings. The van der Waals surface area contributed by atoms with E-state index in [0.29, 0.717) is 37.7 Å². The zero-order valence-corrected chi connectivity index (χ0v) is 10.2. The lowest BCUT2D eigenvalue weighted by Crippen LogP contribution is -2.37. The molecule has 98 valence electrons. The van der Waals surface area contributed by atoms with Crippen molar-refractivity contribution in [3.05, 3.63) is 17.7 Å². The molecule has 0 bridgehead atoms. The molecule has 0 amide bonds. The third-order valence-electron chi connectivity index (χ3n) is 2.90. The van der Waals surface area contributed by atoms with E-state index < -0.39 is 5.97 Å². The summed E-state index contributed by atoms with van der Waals surface area (Å²) in [6.07, 6.45) is 0. The quantitative estimate of drug-likeness (QED) is 0.774. The Morgan fingerprint density at radius 1 is 1.44 bits per heavy atom. The fourth-order valence-corrected chi connectivity index (χ4v) is 2.03. The molecule has 1 saturated heterocycles. The number of ether oxygens (including phenoxy) is 2. The zero-order chi connectivity index (χ0) is 13.1. The van der Waals surface area contributed by atoms with Crippen molar-refractivity contribution in [2.75, 3.05) is 44.0 Å². The minimum Gasteiger partial charge on any atom is -0.494 e. The number of benzene rings is 1. The molecule has 1 aliphatic heterocycles. The number of aromatic carboxylic acids is 1. The molecule has 1 aromatic rings. The highest BCUT2D eigenvalue weighted by atomic mass is 16.5. The molecule has 1 aliphatic rings. The van der Waals surface area contributed by atoms with Crippen molar-refractivity contribution in [3.8, 4) is 5.75 Å². The molecule has 0 aliphatic carbocycles. The summed E-state index contributed by atoms with van der Waals surface area (Å²) in [5, 5.41) is 8.99. The Balaban J connectivity index is 2.42. The maximum atomic E-state index is 11.0. The second kappa shape index (κ2) is 5.14. The number of methoxy groups -OCH3 is 1.